The average Bonchev–Trinajstić information content (AvgIpc) is 2.73. The van der Waals surface area contributed by atoms with Crippen molar-refractivity contribution in [2.75, 3.05) is 33.2 Å². The molecule has 0 radical (unpaired) electrons. The molecule has 2 aromatic rings. The molecule has 2 aromatic heterocycles. The molecule has 2 saturated heterocycles. The monoisotopic (exact) mass is 381 g/mol. The number of likely N-dealkylation sites (tertiary alicyclic amines) is 2. The molecule has 2 aliphatic heterocycles. The third-order valence-corrected chi connectivity index (χ3v) is 6.37. The molecule has 0 aliphatic carbocycles. The van der Waals surface area contributed by atoms with E-state index >= 15 is 0 Å². The molecule has 0 bridgehead atoms. The Balaban J connectivity index is 1.34. The van der Waals surface area contributed by atoms with Gasteiger partial charge in [0.25, 0.3) is 5.56 Å². The van der Waals surface area contributed by atoms with Gasteiger partial charge in [-0.2, -0.15) is 5.10 Å². The number of rotatable bonds is 5. The number of pyridine rings is 1. The third-order valence-electron chi connectivity index (χ3n) is 6.37. The van der Waals surface area contributed by atoms with Gasteiger partial charge in [0.15, 0.2) is 0 Å². The maximum atomic E-state index is 12.3. The minimum absolute atomic E-state index is 0.0101. The van der Waals surface area contributed by atoms with Crippen LogP contribution in [0, 0.1) is 5.92 Å². The van der Waals surface area contributed by atoms with Crippen molar-refractivity contribution in [2.24, 2.45) is 5.92 Å². The summed E-state index contributed by atoms with van der Waals surface area (Å²) in [6, 6.07) is 8.01. The Morgan fingerprint density at radius 2 is 1.75 bits per heavy atom. The van der Waals surface area contributed by atoms with Crippen molar-refractivity contribution >= 4 is 0 Å². The van der Waals surface area contributed by atoms with Crippen molar-refractivity contribution in [3.63, 3.8) is 0 Å². The fourth-order valence-electron chi connectivity index (χ4n) is 4.53. The molecule has 0 aromatic carbocycles. The summed E-state index contributed by atoms with van der Waals surface area (Å²) in [6.07, 6.45) is 9.84. The van der Waals surface area contributed by atoms with Crippen LogP contribution >= 0.6 is 0 Å². The van der Waals surface area contributed by atoms with E-state index in [-0.39, 0.29) is 5.56 Å². The van der Waals surface area contributed by atoms with Crippen LogP contribution in [0.4, 0.5) is 0 Å². The maximum Gasteiger partial charge on any atom is 0.266 e. The molecule has 1 unspecified atom stereocenters. The number of piperidine rings is 2. The predicted molar refractivity (Wildman–Crippen MR) is 111 cm³/mol. The van der Waals surface area contributed by atoms with Crippen molar-refractivity contribution in [1.29, 1.82) is 0 Å². The van der Waals surface area contributed by atoms with E-state index < -0.39 is 0 Å². The van der Waals surface area contributed by atoms with Crippen LogP contribution in [0.3, 0.4) is 0 Å². The largest absolute Gasteiger partial charge is 0.302 e. The number of hydrogen-bond donors (Lipinski definition) is 0. The molecule has 6 heteroatoms. The van der Waals surface area contributed by atoms with Crippen LogP contribution < -0.4 is 5.56 Å². The van der Waals surface area contributed by atoms with Gasteiger partial charge in [0.05, 0.1) is 5.69 Å². The van der Waals surface area contributed by atoms with E-state index in [1.807, 2.05) is 12.1 Å². The molecule has 0 amide bonds. The Morgan fingerprint density at radius 1 is 0.964 bits per heavy atom. The van der Waals surface area contributed by atoms with Gasteiger partial charge in [0.1, 0.15) is 0 Å². The molecular formula is C22H31N5O. The first-order valence-corrected chi connectivity index (χ1v) is 10.6. The fourth-order valence-corrected chi connectivity index (χ4v) is 4.53. The van der Waals surface area contributed by atoms with E-state index in [1.54, 1.807) is 29.2 Å². The Hall–Kier alpha value is -2.05. The molecule has 0 spiro atoms. The molecule has 0 saturated carbocycles. The second-order valence-electron chi connectivity index (χ2n) is 8.35. The minimum Gasteiger partial charge on any atom is -0.302 e. The van der Waals surface area contributed by atoms with Gasteiger partial charge in [-0.15, -0.1) is 0 Å². The van der Waals surface area contributed by atoms with Crippen molar-refractivity contribution in [3.8, 4) is 11.3 Å². The lowest BCUT2D eigenvalue weighted by Crippen LogP contribution is -2.47. The highest BCUT2D eigenvalue weighted by Gasteiger charge is 2.25. The second kappa shape index (κ2) is 8.97. The Bertz CT molecular complexity index is 813. The van der Waals surface area contributed by atoms with Gasteiger partial charge in [-0.1, -0.05) is 6.42 Å². The highest BCUT2D eigenvalue weighted by atomic mass is 16.1. The smallest absolute Gasteiger partial charge is 0.266 e. The van der Waals surface area contributed by atoms with Gasteiger partial charge in [0.2, 0.25) is 0 Å². The lowest BCUT2D eigenvalue weighted by molar-refractivity contribution is 0.0996. The minimum atomic E-state index is -0.0101. The predicted octanol–water partition coefficient (Wildman–Crippen LogP) is 2.50. The van der Waals surface area contributed by atoms with Crippen LogP contribution in [0.1, 0.15) is 32.1 Å². The lowest BCUT2D eigenvalue weighted by Gasteiger charge is -2.39. The van der Waals surface area contributed by atoms with Crippen LogP contribution in [0.25, 0.3) is 11.3 Å². The van der Waals surface area contributed by atoms with Crippen molar-refractivity contribution in [2.45, 2.75) is 44.7 Å². The molecular weight excluding hydrogens is 350 g/mol. The molecule has 0 N–H and O–H groups in total. The van der Waals surface area contributed by atoms with E-state index in [4.69, 9.17) is 0 Å². The molecule has 150 valence electrons. The standard InChI is InChI=1S/C22H31N5O/c1-25-13-3-2-4-20(25)17-26-14-9-18(10-15-26)16-27-22(28)6-5-21(24-27)19-7-11-23-12-8-19/h5-8,11-12,18,20H,2-4,9-10,13-17H2,1H3. The molecule has 1 atom stereocenters. The van der Waals surface area contributed by atoms with Crippen LogP contribution in [0.15, 0.2) is 41.5 Å². The van der Waals surface area contributed by atoms with Gasteiger partial charge >= 0.3 is 0 Å². The highest BCUT2D eigenvalue weighted by Crippen LogP contribution is 2.22. The molecule has 28 heavy (non-hydrogen) atoms. The van der Waals surface area contributed by atoms with Crippen LogP contribution in [-0.4, -0.2) is 63.8 Å². The topological polar surface area (TPSA) is 54.3 Å². The van der Waals surface area contributed by atoms with Gasteiger partial charge < -0.3 is 9.80 Å². The summed E-state index contributed by atoms with van der Waals surface area (Å²) in [5, 5.41) is 4.62. The normalized spacial score (nSPS) is 22.4. The molecule has 4 heterocycles. The fraction of sp³-hybridized carbons (Fsp3) is 0.591. The Morgan fingerprint density at radius 3 is 2.50 bits per heavy atom. The van der Waals surface area contributed by atoms with E-state index in [0.717, 1.165) is 43.7 Å². The zero-order valence-corrected chi connectivity index (χ0v) is 16.8. The summed E-state index contributed by atoms with van der Waals surface area (Å²) >= 11 is 0. The summed E-state index contributed by atoms with van der Waals surface area (Å²) in [6.45, 7) is 5.42. The van der Waals surface area contributed by atoms with E-state index in [9.17, 15) is 4.79 Å². The molecule has 2 aliphatic rings. The first-order chi connectivity index (χ1) is 13.7. The molecule has 4 rings (SSSR count). The van der Waals surface area contributed by atoms with Gasteiger partial charge in [-0.25, -0.2) is 4.68 Å². The van der Waals surface area contributed by atoms with E-state index in [0.29, 0.717) is 12.0 Å². The van der Waals surface area contributed by atoms with Gasteiger partial charge in [-0.05, 0) is 76.5 Å². The molecule has 2 fully saturated rings. The quantitative estimate of drug-likeness (QED) is 0.797. The summed E-state index contributed by atoms with van der Waals surface area (Å²) < 4.78 is 1.66. The van der Waals surface area contributed by atoms with Crippen molar-refractivity contribution < 1.29 is 0 Å². The van der Waals surface area contributed by atoms with Crippen LogP contribution in [0.2, 0.25) is 0 Å². The summed E-state index contributed by atoms with van der Waals surface area (Å²) in [4.78, 5) is 21.5. The first kappa shape index (κ1) is 19.3. The Kier molecular flexibility index (Phi) is 6.17. The Labute approximate surface area is 167 Å². The van der Waals surface area contributed by atoms with Crippen LogP contribution in [-0.2, 0) is 6.54 Å². The summed E-state index contributed by atoms with van der Waals surface area (Å²) in [5.41, 5.74) is 1.82. The maximum absolute atomic E-state index is 12.3. The van der Waals surface area contributed by atoms with E-state index in [2.05, 4.69) is 26.9 Å². The first-order valence-electron chi connectivity index (χ1n) is 10.6. The number of hydrogen-bond acceptors (Lipinski definition) is 5. The summed E-state index contributed by atoms with van der Waals surface area (Å²) in [5.74, 6) is 0.526. The highest BCUT2D eigenvalue weighted by molar-refractivity contribution is 5.56. The SMILES string of the molecule is CN1CCCCC1CN1CCC(Cn2nc(-c3ccncc3)ccc2=O)CC1. The average molecular weight is 382 g/mol. The lowest BCUT2D eigenvalue weighted by atomic mass is 9.95. The zero-order chi connectivity index (χ0) is 19.3. The van der Waals surface area contributed by atoms with Crippen LogP contribution in [0.5, 0.6) is 0 Å². The van der Waals surface area contributed by atoms with Crippen molar-refractivity contribution in [3.05, 3.63) is 47.0 Å². The third kappa shape index (κ3) is 4.67. The zero-order valence-electron chi connectivity index (χ0n) is 16.8. The number of aromatic nitrogens is 3. The van der Waals surface area contributed by atoms with Crippen molar-refractivity contribution in [1.82, 2.24) is 24.6 Å². The molecule has 6 nitrogen and oxygen atoms in total. The van der Waals surface area contributed by atoms with E-state index in [1.165, 1.54) is 32.4 Å². The second-order valence-corrected chi connectivity index (χ2v) is 8.35. The number of nitrogens with zero attached hydrogens (tertiary/aromatic N) is 5. The number of likely N-dealkylation sites (N-methyl/N-ethyl adjacent to an activating group) is 1. The van der Waals surface area contributed by atoms with Gasteiger partial charge in [-0.3, -0.25) is 9.78 Å². The van der Waals surface area contributed by atoms with Gasteiger partial charge in [0, 0.05) is 43.2 Å². The summed E-state index contributed by atoms with van der Waals surface area (Å²) in [7, 11) is 2.27.